The number of unbranched alkanes of at least 4 members (excludes halogenated alkanes) is 5. The number of benzene rings is 1. The van der Waals surface area contributed by atoms with E-state index in [1.54, 1.807) is 7.11 Å². The van der Waals surface area contributed by atoms with Crippen LogP contribution in [0.2, 0.25) is 0 Å². The summed E-state index contributed by atoms with van der Waals surface area (Å²) < 4.78 is 10.0. The first-order valence-electron chi connectivity index (χ1n) is 9.92. The molecule has 0 aliphatic heterocycles. The number of nitrogens with zero attached hydrogens (tertiary/aromatic N) is 2. The van der Waals surface area contributed by atoms with E-state index in [9.17, 15) is 0 Å². The van der Waals surface area contributed by atoms with E-state index in [0.29, 0.717) is 0 Å². The molecular formula is C22H35N2O+. The first-order chi connectivity index (χ1) is 12.2. The molecule has 1 aromatic heterocycles. The highest BCUT2D eigenvalue weighted by Gasteiger charge is 2.11. The van der Waals surface area contributed by atoms with Crippen molar-refractivity contribution < 1.29 is 9.30 Å². The standard InChI is InChI=1S/C22H35N2O/c1-4-5-6-7-9-16-23-18-19-24(20(23)2)17-10-8-11-21-12-14-22(25-3)15-13-21/h12-15,18-19H,4-11,16-17H2,1-3H3/q+1. The number of imidazole rings is 1. The maximum Gasteiger partial charge on any atom is 0.253 e. The van der Waals surface area contributed by atoms with Gasteiger partial charge in [0.25, 0.3) is 5.82 Å². The Balaban J connectivity index is 1.68. The largest absolute Gasteiger partial charge is 0.497 e. The summed E-state index contributed by atoms with van der Waals surface area (Å²) in [6.45, 7) is 6.79. The van der Waals surface area contributed by atoms with Gasteiger partial charge in [0.05, 0.1) is 20.2 Å². The van der Waals surface area contributed by atoms with E-state index in [2.05, 4.69) is 59.6 Å². The van der Waals surface area contributed by atoms with Crippen molar-refractivity contribution in [2.24, 2.45) is 0 Å². The van der Waals surface area contributed by atoms with Crippen molar-refractivity contribution in [3.8, 4) is 5.75 Å². The second kappa shape index (κ2) is 11.0. The normalized spacial score (nSPS) is 11.0. The molecule has 0 bridgehead atoms. The van der Waals surface area contributed by atoms with E-state index in [4.69, 9.17) is 4.74 Å². The Kier molecular flexibility index (Phi) is 8.58. The summed E-state index contributed by atoms with van der Waals surface area (Å²) in [5, 5.41) is 0. The second-order valence-electron chi connectivity index (χ2n) is 6.95. The topological polar surface area (TPSA) is 18.0 Å². The van der Waals surface area contributed by atoms with Gasteiger partial charge < -0.3 is 4.74 Å². The van der Waals surface area contributed by atoms with Gasteiger partial charge in [-0.2, -0.15) is 0 Å². The zero-order valence-electron chi connectivity index (χ0n) is 16.3. The zero-order chi connectivity index (χ0) is 17.9. The van der Waals surface area contributed by atoms with Gasteiger partial charge in [-0.25, -0.2) is 9.13 Å². The van der Waals surface area contributed by atoms with Crippen LogP contribution in [0.3, 0.4) is 0 Å². The Labute approximate surface area is 153 Å². The second-order valence-corrected chi connectivity index (χ2v) is 6.95. The molecule has 0 N–H and O–H groups in total. The number of ether oxygens (including phenoxy) is 1. The van der Waals surface area contributed by atoms with Gasteiger partial charge in [0.2, 0.25) is 0 Å². The third-order valence-corrected chi connectivity index (χ3v) is 5.03. The fourth-order valence-corrected chi connectivity index (χ4v) is 3.30. The highest BCUT2D eigenvalue weighted by Crippen LogP contribution is 2.13. The molecule has 0 radical (unpaired) electrons. The molecule has 0 unspecified atom stereocenters. The Morgan fingerprint density at radius 3 is 2.44 bits per heavy atom. The van der Waals surface area contributed by atoms with Crippen molar-refractivity contribution in [2.75, 3.05) is 7.11 Å². The third kappa shape index (κ3) is 6.56. The van der Waals surface area contributed by atoms with Gasteiger partial charge in [-0.15, -0.1) is 0 Å². The molecule has 3 nitrogen and oxygen atoms in total. The lowest BCUT2D eigenvalue weighted by atomic mass is 10.1. The van der Waals surface area contributed by atoms with E-state index in [1.165, 1.54) is 56.3 Å². The molecule has 0 spiro atoms. The maximum absolute atomic E-state index is 5.21. The summed E-state index contributed by atoms with van der Waals surface area (Å²) >= 11 is 0. The number of rotatable bonds is 12. The molecule has 0 aliphatic carbocycles. The Morgan fingerprint density at radius 2 is 1.72 bits per heavy atom. The molecule has 25 heavy (non-hydrogen) atoms. The maximum atomic E-state index is 5.21. The highest BCUT2D eigenvalue weighted by molar-refractivity contribution is 5.27. The lowest BCUT2D eigenvalue weighted by Crippen LogP contribution is -2.35. The predicted molar refractivity (Wildman–Crippen MR) is 104 cm³/mol. The zero-order valence-corrected chi connectivity index (χ0v) is 16.3. The van der Waals surface area contributed by atoms with Crippen molar-refractivity contribution in [2.45, 2.75) is 78.3 Å². The average Bonchev–Trinajstić information content (AvgIpc) is 2.99. The molecular weight excluding hydrogens is 308 g/mol. The molecule has 2 aromatic rings. The van der Waals surface area contributed by atoms with E-state index in [1.807, 2.05) is 0 Å². The van der Waals surface area contributed by atoms with Crippen LogP contribution in [0.25, 0.3) is 0 Å². The van der Waals surface area contributed by atoms with E-state index in [0.717, 1.165) is 25.3 Å². The Morgan fingerprint density at radius 1 is 0.960 bits per heavy atom. The first kappa shape index (κ1) is 19.6. The van der Waals surface area contributed by atoms with E-state index < -0.39 is 0 Å². The SMILES string of the molecule is CCCCCCC[n+]1ccn(CCCCc2ccc(OC)cc2)c1C. The molecule has 0 aliphatic rings. The van der Waals surface area contributed by atoms with Gasteiger partial charge in [-0.3, -0.25) is 0 Å². The molecule has 0 fully saturated rings. The molecule has 0 amide bonds. The molecule has 0 atom stereocenters. The number of methoxy groups -OCH3 is 1. The molecule has 1 heterocycles. The summed E-state index contributed by atoms with van der Waals surface area (Å²) in [6.07, 6.45) is 14.8. The van der Waals surface area contributed by atoms with Gasteiger partial charge in [-0.05, 0) is 49.8 Å². The lowest BCUT2D eigenvalue weighted by Gasteiger charge is -2.04. The number of hydrogen-bond donors (Lipinski definition) is 0. The molecule has 138 valence electrons. The Hall–Kier alpha value is -1.77. The molecule has 3 heteroatoms. The average molecular weight is 344 g/mol. The highest BCUT2D eigenvalue weighted by atomic mass is 16.5. The van der Waals surface area contributed by atoms with Gasteiger partial charge in [0, 0.05) is 6.92 Å². The van der Waals surface area contributed by atoms with Gasteiger partial charge >= 0.3 is 0 Å². The van der Waals surface area contributed by atoms with Crippen LogP contribution in [0.5, 0.6) is 5.75 Å². The number of aryl methyl sites for hydroxylation is 3. The first-order valence-corrected chi connectivity index (χ1v) is 9.92. The van der Waals surface area contributed by atoms with Crippen LogP contribution in [0.15, 0.2) is 36.7 Å². The summed E-state index contributed by atoms with van der Waals surface area (Å²) in [4.78, 5) is 0. The summed E-state index contributed by atoms with van der Waals surface area (Å²) in [7, 11) is 1.71. The third-order valence-electron chi connectivity index (χ3n) is 5.03. The van der Waals surface area contributed by atoms with E-state index >= 15 is 0 Å². The number of aromatic nitrogens is 2. The summed E-state index contributed by atoms with van der Waals surface area (Å²) in [5.41, 5.74) is 1.40. The Bertz CT molecular complexity index is 601. The van der Waals surface area contributed by atoms with Gasteiger partial charge in [0.15, 0.2) is 0 Å². The summed E-state index contributed by atoms with van der Waals surface area (Å²) in [5.74, 6) is 2.32. The minimum Gasteiger partial charge on any atom is -0.497 e. The van der Waals surface area contributed by atoms with Gasteiger partial charge in [-0.1, -0.05) is 38.3 Å². The number of hydrogen-bond acceptors (Lipinski definition) is 1. The quantitative estimate of drug-likeness (QED) is 0.388. The van der Waals surface area contributed by atoms with Crippen molar-refractivity contribution in [3.63, 3.8) is 0 Å². The van der Waals surface area contributed by atoms with Crippen LogP contribution in [0, 0.1) is 6.92 Å². The smallest absolute Gasteiger partial charge is 0.253 e. The lowest BCUT2D eigenvalue weighted by molar-refractivity contribution is -0.702. The van der Waals surface area contributed by atoms with Crippen molar-refractivity contribution >= 4 is 0 Å². The van der Waals surface area contributed by atoms with Gasteiger partial charge in [0.1, 0.15) is 18.1 Å². The fraction of sp³-hybridized carbons (Fsp3) is 0.591. The summed E-state index contributed by atoms with van der Waals surface area (Å²) in [6, 6.07) is 8.45. The van der Waals surface area contributed by atoms with Crippen LogP contribution in [-0.4, -0.2) is 11.7 Å². The molecule has 1 aromatic carbocycles. The molecule has 2 rings (SSSR count). The van der Waals surface area contributed by atoms with Crippen LogP contribution < -0.4 is 9.30 Å². The molecule has 0 saturated carbocycles. The minimum atomic E-state index is 0.936. The fourth-order valence-electron chi connectivity index (χ4n) is 3.30. The van der Waals surface area contributed by atoms with Crippen LogP contribution >= 0.6 is 0 Å². The van der Waals surface area contributed by atoms with Crippen LogP contribution in [0.4, 0.5) is 0 Å². The predicted octanol–water partition coefficient (Wildman–Crippen LogP) is 5.09. The van der Waals surface area contributed by atoms with Crippen molar-refractivity contribution in [1.82, 2.24) is 4.57 Å². The van der Waals surface area contributed by atoms with Crippen molar-refractivity contribution in [3.05, 3.63) is 48.0 Å². The van der Waals surface area contributed by atoms with Crippen molar-refractivity contribution in [1.29, 1.82) is 0 Å². The molecule has 0 saturated heterocycles. The van der Waals surface area contributed by atoms with E-state index in [-0.39, 0.29) is 0 Å². The minimum absolute atomic E-state index is 0.936. The van der Waals surface area contributed by atoms with Crippen LogP contribution in [0.1, 0.15) is 63.3 Å². The monoisotopic (exact) mass is 343 g/mol. The van der Waals surface area contributed by atoms with Crippen LogP contribution in [-0.2, 0) is 19.5 Å².